The molecule has 2 aromatic carbocycles. The predicted molar refractivity (Wildman–Crippen MR) is 103 cm³/mol. The summed E-state index contributed by atoms with van der Waals surface area (Å²) in [6.07, 6.45) is 0. The Morgan fingerprint density at radius 1 is 1.08 bits per heavy atom. The summed E-state index contributed by atoms with van der Waals surface area (Å²) in [4.78, 5) is 15.1. The Morgan fingerprint density at radius 2 is 1.81 bits per heavy atom. The maximum atomic E-state index is 12.4. The second-order valence-electron chi connectivity index (χ2n) is 6.43. The van der Waals surface area contributed by atoms with Gasteiger partial charge in [-0.1, -0.05) is 19.9 Å². The average molecular weight is 350 g/mol. The molecular weight excluding hydrogens is 328 g/mol. The van der Waals surface area contributed by atoms with Crippen LogP contribution in [-0.2, 0) is 0 Å². The molecule has 0 spiro atoms. The summed E-state index contributed by atoms with van der Waals surface area (Å²) < 4.78 is 5.12. The lowest BCUT2D eigenvalue weighted by molar-refractivity contribution is 0.415. The van der Waals surface area contributed by atoms with Crippen LogP contribution < -0.4 is 15.6 Å². The van der Waals surface area contributed by atoms with Gasteiger partial charge in [0.25, 0.3) is 5.56 Å². The molecule has 0 saturated heterocycles. The topological polar surface area (TPSA) is 79.9 Å². The molecule has 3 aromatic rings. The van der Waals surface area contributed by atoms with Crippen LogP contribution in [0.25, 0.3) is 11.3 Å². The SMILES string of the molecule is COc1ccc(-c2nnc(Nc3ccc(C(C)C)c(C)c3)[nH]c2=O)cc1. The molecule has 1 heterocycles. The van der Waals surface area contributed by atoms with Crippen molar-refractivity contribution in [2.45, 2.75) is 26.7 Å². The molecule has 0 fully saturated rings. The van der Waals surface area contributed by atoms with E-state index in [0.717, 1.165) is 11.4 Å². The smallest absolute Gasteiger partial charge is 0.279 e. The third kappa shape index (κ3) is 3.74. The molecule has 0 saturated carbocycles. The Labute approximate surface area is 152 Å². The standard InChI is InChI=1S/C20H22N4O2/c1-12(2)17-10-7-15(11-13(17)3)21-20-22-19(25)18(23-24-20)14-5-8-16(26-4)9-6-14/h5-12H,1-4H3,(H2,21,22,24,25). The van der Waals surface area contributed by atoms with Crippen molar-refractivity contribution in [1.82, 2.24) is 15.2 Å². The number of hydrogen-bond acceptors (Lipinski definition) is 5. The van der Waals surface area contributed by atoms with Gasteiger partial charge in [-0.2, -0.15) is 0 Å². The van der Waals surface area contributed by atoms with Gasteiger partial charge in [-0.15, -0.1) is 10.2 Å². The Balaban J connectivity index is 1.83. The summed E-state index contributed by atoms with van der Waals surface area (Å²) in [5, 5.41) is 11.3. The van der Waals surface area contributed by atoms with E-state index in [1.807, 2.05) is 12.1 Å². The molecule has 3 rings (SSSR count). The van der Waals surface area contributed by atoms with E-state index >= 15 is 0 Å². The molecule has 0 amide bonds. The molecule has 0 bridgehead atoms. The first-order valence-corrected chi connectivity index (χ1v) is 8.47. The van der Waals surface area contributed by atoms with Gasteiger partial charge in [0.15, 0.2) is 5.69 Å². The van der Waals surface area contributed by atoms with E-state index < -0.39 is 0 Å². The normalized spacial score (nSPS) is 10.8. The molecule has 0 radical (unpaired) electrons. The molecular formula is C20H22N4O2. The highest BCUT2D eigenvalue weighted by atomic mass is 16.5. The number of aromatic amines is 1. The van der Waals surface area contributed by atoms with E-state index in [4.69, 9.17) is 4.74 Å². The van der Waals surface area contributed by atoms with Gasteiger partial charge in [0.1, 0.15) is 5.75 Å². The molecule has 26 heavy (non-hydrogen) atoms. The molecule has 0 aliphatic rings. The second kappa shape index (κ2) is 7.39. The van der Waals surface area contributed by atoms with Crippen LogP contribution in [-0.4, -0.2) is 22.3 Å². The maximum absolute atomic E-state index is 12.4. The van der Waals surface area contributed by atoms with Gasteiger partial charge in [0, 0.05) is 11.3 Å². The number of nitrogens with zero attached hydrogens (tertiary/aromatic N) is 2. The van der Waals surface area contributed by atoms with Crippen LogP contribution in [0.4, 0.5) is 11.6 Å². The van der Waals surface area contributed by atoms with Gasteiger partial charge in [-0.3, -0.25) is 9.78 Å². The molecule has 6 heteroatoms. The maximum Gasteiger partial charge on any atom is 0.279 e. The summed E-state index contributed by atoms with van der Waals surface area (Å²) in [5.74, 6) is 1.49. The van der Waals surface area contributed by atoms with Crippen LogP contribution in [0.15, 0.2) is 47.3 Å². The van der Waals surface area contributed by atoms with Crippen molar-refractivity contribution in [1.29, 1.82) is 0 Å². The van der Waals surface area contributed by atoms with E-state index in [1.54, 1.807) is 31.4 Å². The predicted octanol–water partition coefficient (Wildman–Crippen LogP) is 4.02. The number of aromatic nitrogens is 3. The molecule has 2 N–H and O–H groups in total. The van der Waals surface area contributed by atoms with Gasteiger partial charge < -0.3 is 10.1 Å². The lowest BCUT2D eigenvalue weighted by Gasteiger charge is -2.12. The second-order valence-corrected chi connectivity index (χ2v) is 6.43. The Bertz CT molecular complexity index is 962. The molecule has 6 nitrogen and oxygen atoms in total. The number of hydrogen-bond donors (Lipinski definition) is 2. The fraction of sp³-hybridized carbons (Fsp3) is 0.250. The quantitative estimate of drug-likeness (QED) is 0.726. The van der Waals surface area contributed by atoms with Crippen molar-refractivity contribution in [3.63, 3.8) is 0 Å². The Kier molecular flexibility index (Phi) is 5.02. The summed E-state index contributed by atoms with van der Waals surface area (Å²) in [7, 11) is 1.59. The number of benzene rings is 2. The fourth-order valence-corrected chi connectivity index (χ4v) is 2.87. The van der Waals surface area contributed by atoms with Crippen LogP contribution in [0, 0.1) is 6.92 Å². The van der Waals surface area contributed by atoms with Gasteiger partial charge in [-0.05, 0) is 60.4 Å². The van der Waals surface area contributed by atoms with E-state index in [0.29, 0.717) is 17.4 Å². The Hall–Kier alpha value is -3.15. The van der Waals surface area contributed by atoms with Crippen molar-refractivity contribution < 1.29 is 4.74 Å². The highest BCUT2D eigenvalue weighted by Gasteiger charge is 2.09. The zero-order valence-electron chi connectivity index (χ0n) is 15.3. The van der Waals surface area contributed by atoms with E-state index in [9.17, 15) is 4.79 Å². The molecule has 0 unspecified atom stereocenters. The molecule has 1 aromatic heterocycles. The first-order chi connectivity index (χ1) is 12.5. The molecule has 0 aliphatic carbocycles. The zero-order chi connectivity index (χ0) is 18.7. The van der Waals surface area contributed by atoms with Crippen LogP contribution in [0.2, 0.25) is 0 Å². The van der Waals surface area contributed by atoms with Gasteiger partial charge in [-0.25, -0.2) is 0 Å². The number of ether oxygens (including phenoxy) is 1. The summed E-state index contributed by atoms with van der Waals surface area (Å²) in [6, 6.07) is 13.2. The number of nitrogens with one attached hydrogen (secondary N) is 2. The highest BCUT2D eigenvalue weighted by Crippen LogP contribution is 2.23. The first-order valence-electron chi connectivity index (χ1n) is 8.47. The van der Waals surface area contributed by atoms with Crippen molar-refractivity contribution in [2.24, 2.45) is 0 Å². The van der Waals surface area contributed by atoms with Gasteiger partial charge in [0.2, 0.25) is 5.95 Å². The zero-order valence-corrected chi connectivity index (χ0v) is 15.3. The first kappa shape index (κ1) is 17.7. The van der Waals surface area contributed by atoms with E-state index in [2.05, 4.69) is 47.3 Å². The van der Waals surface area contributed by atoms with Crippen LogP contribution in [0.5, 0.6) is 5.75 Å². The minimum atomic E-state index is -0.303. The number of methoxy groups -OCH3 is 1. The lowest BCUT2D eigenvalue weighted by Crippen LogP contribution is -2.15. The Morgan fingerprint density at radius 3 is 2.38 bits per heavy atom. The fourth-order valence-electron chi connectivity index (χ4n) is 2.87. The van der Waals surface area contributed by atoms with Crippen LogP contribution in [0.3, 0.4) is 0 Å². The number of H-pyrrole nitrogens is 1. The minimum Gasteiger partial charge on any atom is -0.497 e. The number of rotatable bonds is 5. The summed E-state index contributed by atoms with van der Waals surface area (Å²) >= 11 is 0. The third-order valence-corrected chi connectivity index (χ3v) is 4.22. The van der Waals surface area contributed by atoms with E-state index in [-0.39, 0.29) is 11.3 Å². The van der Waals surface area contributed by atoms with Crippen LogP contribution >= 0.6 is 0 Å². The lowest BCUT2D eigenvalue weighted by atomic mass is 9.98. The van der Waals surface area contributed by atoms with Gasteiger partial charge in [0.05, 0.1) is 7.11 Å². The summed E-state index contributed by atoms with van der Waals surface area (Å²) in [6.45, 7) is 6.40. The monoisotopic (exact) mass is 350 g/mol. The summed E-state index contributed by atoms with van der Waals surface area (Å²) in [5.41, 5.74) is 3.99. The highest BCUT2D eigenvalue weighted by molar-refractivity contribution is 5.60. The number of anilines is 2. The van der Waals surface area contributed by atoms with Crippen molar-refractivity contribution in [2.75, 3.05) is 12.4 Å². The largest absolute Gasteiger partial charge is 0.497 e. The molecule has 134 valence electrons. The third-order valence-electron chi connectivity index (χ3n) is 4.22. The van der Waals surface area contributed by atoms with Crippen molar-refractivity contribution in [3.8, 4) is 17.0 Å². The van der Waals surface area contributed by atoms with Gasteiger partial charge >= 0.3 is 0 Å². The minimum absolute atomic E-state index is 0.268. The average Bonchev–Trinajstić information content (AvgIpc) is 2.62. The number of aryl methyl sites for hydroxylation is 1. The molecule has 0 atom stereocenters. The molecule has 0 aliphatic heterocycles. The van der Waals surface area contributed by atoms with E-state index in [1.165, 1.54) is 11.1 Å². The van der Waals surface area contributed by atoms with Crippen molar-refractivity contribution in [3.05, 3.63) is 63.9 Å². The van der Waals surface area contributed by atoms with Crippen molar-refractivity contribution >= 4 is 11.6 Å². The van der Waals surface area contributed by atoms with Crippen LogP contribution in [0.1, 0.15) is 30.9 Å².